The van der Waals surface area contributed by atoms with Crippen LogP contribution in [0.4, 0.5) is 0 Å². The maximum Gasteiger partial charge on any atom is 0.187 e. The van der Waals surface area contributed by atoms with E-state index >= 15 is 0 Å². The molecule has 0 unspecified atom stereocenters. The number of methoxy groups -OCH3 is 3. The van der Waals surface area contributed by atoms with Gasteiger partial charge in [0.15, 0.2) is 18.9 Å². The molecule has 15 atom stereocenters. The van der Waals surface area contributed by atoms with E-state index in [1.807, 2.05) is 0 Å². The summed E-state index contributed by atoms with van der Waals surface area (Å²) in [6, 6.07) is 0. The van der Waals surface area contributed by atoms with Crippen molar-refractivity contribution in [3.05, 3.63) is 0 Å². The zero-order chi connectivity index (χ0) is 27.4. The van der Waals surface area contributed by atoms with Crippen LogP contribution in [0.1, 0.15) is 0 Å². The van der Waals surface area contributed by atoms with Gasteiger partial charge in [0.1, 0.15) is 73.2 Å². The molecule has 0 aromatic carbocycles. The van der Waals surface area contributed by atoms with Crippen LogP contribution in [0, 0.1) is 0 Å². The first-order valence-electron chi connectivity index (χ1n) is 11.7. The van der Waals surface area contributed by atoms with Gasteiger partial charge >= 0.3 is 0 Å². The van der Waals surface area contributed by atoms with E-state index in [0.717, 1.165) is 0 Å². The number of rotatable bonds is 10. The van der Waals surface area contributed by atoms with Gasteiger partial charge in [-0.25, -0.2) is 0 Å². The topological polar surface area (TPSA) is 236 Å². The van der Waals surface area contributed by atoms with Gasteiger partial charge in [-0.1, -0.05) is 0 Å². The van der Waals surface area contributed by atoms with Gasteiger partial charge in [-0.05, 0) is 0 Å². The van der Waals surface area contributed by atoms with Crippen molar-refractivity contribution in [2.75, 3.05) is 41.2 Å². The highest BCUT2D eigenvalue weighted by Crippen LogP contribution is 2.31. The molecule has 3 saturated heterocycles. The third-order valence-electron chi connectivity index (χ3n) is 6.78. The second-order valence-corrected chi connectivity index (χ2v) is 9.01. The van der Waals surface area contributed by atoms with E-state index in [9.17, 15) is 40.9 Å². The standard InChI is InChI=1S/C21H38O16/c1-30-17-13(27)10(24)7(4-22)34-20(17)33-6-9-12(26)16(15(29)19(32-3)36-9)37-21-18(31-2)14(28)11(25)8(5-23)35-21/h7-29H,4-6H2,1-3H3/t7-,8-,9-,10-,11-,12-,13+,14+,15+,16+,17+,18-,19+,20+,21+/m1/s1. The van der Waals surface area contributed by atoms with E-state index in [2.05, 4.69) is 0 Å². The van der Waals surface area contributed by atoms with Crippen LogP contribution >= 0.6 is 0 Å². The zero-order valence-electron chi connectivity index (χ0n) is 20.6. The fraction of sp³-hybridized carbons (Fsp3) is 1.00. The monoisotopic (exact) mass is 546 g/mol. The minimum Gasteiger partial charge on any atom is -0.394 e. The number of ether oxygens (including phenoxy) is 8. The van der Waals surface area contributed by atoms with E-state index < -0.39 is 112 Å². The molecule has 0 aromatic heterocycles. The maximum atomic E-state index is 11.0. The Morgan fingerprint density at radius 1 is 0.514 bits per heavy atom. The van der Waals surface area contributed by atoms with Crippen LogP contribution in [-0.4, -0.2) is 174 Å². The Balaban J connectivity index is 1.73. The van der Waals surface area contributed by atoms with Crippen molar-refractivity contribution >= 4 is 0 Å². The first-order chi connectivity index (χ1) is 17.6. The van der Waals surface area contributed by atoms with Crippen molar-refractivity contribution < 1.29 is 78.7 Å². The molecule has 218 valence electrons. The van der Waals surface area contributed by atoms with Crippen LogP contribution < -0.4 is 0 Å². The summed E-state index contributed by atoms with van der Waals surface area (Å²) in [5, 5.41) is 81.4. The highest BCUT2D eigenvalue weighted by Gasteiger charge is 2.52. The van der Waals surface area contributed by atoms with Crippen molar-refractivity contribution in [1.82, 2.24) is 0 Å². The van der Waals surface area contributed by atoms with Crippen LogP contribution in [-0.2, 0) is 37.9 Å². The van der Waals surface area contributed by atoms with Crippen molar-refractivity contribution in [2.24, 2.45) is 0 Å². The van der Waals surface area contributed by atoms with E-state index in [1.165, 1.54) is 21.3 Å². The minimum atomic E-state index is -1.58. The van der Waals surface area contributed by atoms with E-state index in [1.54, 1.807) is 0 Å². The van der Waals surface area contributed by atoms with Gasteiger partial charge in [-0.3, -0.25) is 0 Å². The summed E-state index contributed by atoms with van der Waals surface area (Å²) in [7, 11) is 3.73. The molecule has 0 spiro atoms. The molecule has 3 heterocycles. The molecule has 8 N–H and O–H groups in total. The Bertz CT molecular complexity index is 687. The van der Waals surface area contributed by atoms with Crippen molar-refractivity contribution in [3.8, 4) is 0 Å². The van der Waals surface area contributed by atoms with Crippen molar-refractivity contribution in [3.63, 3.8) is 0 Å². The number of aliphatic hydroxyl groups excluding tert-OH is 8. The van der Waals surface area contributed by atoms with Gasteiger partial charge in [0, 0.05) is 21.3 Å². The molecular weight excluding hydrogens is 508 g/mol. The molecule has 37 heavy (non-hydrogen) atoms. The van der Waals surface area contributed by atoms with Gasteiger partial charge in [0.2, 0.25) is 0 Å². The van der Waals surface area contributed by atoms with E-state index in [0.29, 0.717) is 0 Å². The molecule has 16 heteroatoms. The summed E-state index contributed by atoms with van der Waals surface area (Å²) >= 11 is 0. The second-order valence-electron chi connectivity index (χ2n) is 9.01. The molecule has 16 nitrogen and oxygen atoms in total. The summed E-state index contributed by atoms with van der Waals surface area (Å²) in [6.45, 7) is -1.66. The van der Waals surface area contributed by atoms with Gasteiger partial charge in [-0.2, -0.15) is 0 Å². The first-order valence-corrected chi connectivity index (χ1v) is 11.7. The molecule has 0 radical (unpaired) electrons. The molecule has 0 aliphatic carbocycles. The average molecular weight is 547 g/mol. The van der Waals surface area contributed by atoms with Crippen LogP contribution in [0.25, 0.3) is 0 Å². The van der Waals surface area contributed by atoms with Crippen LogP contribution in [0.15, 0.2) is 0 Å². The predicted octanol–water partition coefficient (Wildman–Crippen LogP) is -5.61. The Morgan fingerprint density at radius 3 is 1.49 bits per heavy atom. The summed E-state index contributed by atoms with van der Waals surface area (Å²) in [5.41, 5.74) is 0. The minimum absolute atomic E-state index is 0.404. The lowest BCUT2D eigenvalue weighted by molar-refractivity contribution is -0.365. The highest BCUT2D eigenvalue weighted by atomic mass is 16.8. The van der Waals surface area contributed by atoms with E-state index in [4.69, 9.17) is 37.9 Å². The van der Waals surface area contributed by atoms with Crippen LogP contribution in [0.3, 0.4) is 0 Å². The molecule has 3 fully saturated rings. The lowest BCUT2D eigenvalue weighted by Crippen LogP contribution is -2.65. The maximum absolute atomic E-state index is 11.0. The zero-order valence-corrected chi connectivity index (χ0v) is 20.6. The largest absolute Gasteiger partial charge is 0.394 e. The van der Waals surface area contributed by atoms with Crippen molar-refractivity contribution in [1.29, 1.82) is 0 Å². The molecule has 0 saturated carbocycles. The molecule has 0 aromatic rings. The van der Waals surface area contributed by atoms with Crippen LogP contribution in [0.5, 0.6) is 0 Å². The van der Waals surface area contributed by atoms with Crippen LogP contribution in [0.2, 0.25) is 0 Å². The lowest BCUT2D eigenvalue weighted by Gasteiger charge is -2.47. The number of hydrogen-bond acceptors (Lipinski definition) is 16. The van der Waals surface area contributed by atoms with Crippen molar-refractivity contribution in [2.45, 2.75) is 92.1 Å². The Labute approximate surface area is 212 Å². The fourth-order valence-electron chi connectivity index (χ4n) is 4.60. The number of aliphatic hydroxyl groups is 8. The van der Waals surface area contributed by atoms with Gasteiger partial charge in [0.25, 0.3) is 0 Å². The summed E-state index contributed by atoms with van der Waals surface area (Å²) in [5.74, 6) is 0. The third-order valence-corrected chi connectivity index (χ3v) is 6.78. The van der Waals surface area contributed by atoms with E-state index in [-0.39, 0.29) is 0 Å². The molecule has 0 bridgehead atoms. The quantitative estimate of drug-likeness (QED) is 0.127. The normalized spacial score (nSPS) is 49.2. The summed E-state index contributed by atoms with van der Waals surface area (Å²) < 4.78 is 43.5. The fourth-order valence-corrected chi connectivity index (χ4v) is 4.60. The highest BCUT2D eigenvalue weighted by molar-refractivity contribution is 4.95. The SMILES string of the molecule is CO[C@H]1O[C@H](CO[C@H]2O[C@H](CO)[C@@H](O)[C@H](O)[C@@H]2OC)[C@@H](O)[C@H](O[C@@H]2O[C@H](CO)[C@@H](O)[C@H](O)[C@H]2OC)[C@@H]1O. The molecule has 3 aliphatic heterocycles. The smallest absolute Gasteiger partial charge is 0.187 e. The Morgan fingerprint density at radius 2 is 1.00 bits per heavy atom. The lowest BCUT2D eigenvalue weighted by atomic mass is 9.96. The predicted molar refractivity (Wildman–Crippen MR) is 116 cm³/mol. The molecule has 3 aliphatic rings. The molecule has 0 amide bonds. The summed E-state index contributed by atoms with van der Waals surface area (Å²) in [4.78, 5) is 0. The van der Waals surface area contributed by atoms with Gasteiger partial charge in [0.05, 0.1) is 19.8 Å². The number of hydrogen-bond donors (Lipinski definition) is 8. The third kappa shape index (κ3) is 6.41. The first kappa shape index (κ1) is 30.9. The van der Waals surface area contributed by atoms with Gasteiger partial charge < -0.3 is 78.7 Å². The van der Waals surface area contributed by atoms with Gasteiger partial charge in [-0.15, -0.1) is 0 Å². The summed E-state index contributed by atoms with van der Waals surface area (Å²) in [6.07, 6.45) is -20.4. The molecule has 3 rings (SSSR count). The Kier molecular flexibility index (Phi) is 11.4. The second kappa shape index (κ2) is 13.6. The Hall–Kier alpha value is -0.640. The molecular formula is C21H38O16. The average Bonchev–Trinajstić information content (AvgIpc) is 2.89.